The van der Waals surface area contributed by atoms with E-state index in [0.29, 0.717) is 11.6 Å². The zero-order valence-electron chi connectivity index (χ0n) is 14.5. The largest absolute Gasteiger partial charge is 0.324 e. The summed E-state index contributed by atoms with van der Waals surface area (Å²) in [5.41, 5.74) is 6.79. The van der Waals surface area contributed by atoms with E-state index < -0.39 is 5.56 Å². The molecule has 2 aliphatic carbocycles. The van der Waals surface area contributed by atoms with Gasteiger partial charge in [-0.3, -0.25) is 9.89 Å². The van der Waals surface area contributed by atoms with Gasteiger partial charge in [0.1, 0.15) is 11.6 Å². The molecule has 2 aliphatic rings. The number of nitrogens with zero attached hydrogens (tertiary/aromatic N) is 4. The summed E-state index contributed by atoms with van der Waals surface area (Å²) in [6.45, 7) is 1.65. The first-order chi connectivity index (χ1) is 12.7. The molecule has 0 saturated carbocycles. The van der Waals surface area contributed by atoms with E-state index in [1.165, 1.54) is 39.6 Å². The fourth-order valence-corrected chi connectivity index (χ4v) is 4.29. The number of H-pyrrole nitrogens is 1. The minimum atomic E-state index is -0.418. The van der Waals surface area contributed by atoms with Crippen molar-refractivity contribution in [3.05, 3.63) is 49.9 Å². The summed E-state index contributed by atoms with van der Waals surface area (Å²) in [5.74, 6) is 0.761. The van der Waals surface area contributed by atoms with Crippen molar-refractivity contribution in [3.63, 3.8) is 0 Å². The van der Waals surface area contributed by atoms with Gasteiger partial charge in [0.05, 0.1) is 5.69 Å². The highest BCUT2D eigenvalue weighted by Gasteiger charge is 2.24. The van der Waals surface area contributed by atoms with E-state index in [0.717, 1.165) is 31.4 Å². The molecule has 5 rings (SSSR count). The SMILES string of the molecule is Cc1nc2nc(Nc3c4c(cc5c3CCC5)CCC4)[nH]n2c(=O)c1C#N. The zero-order chi connectivity index (χ0) is 17.8. The van der Waals surface area contributed by atoms with Gasteiger partial charge < -0.3 is 5.32 Å². The molecule has 1 aromatic carbocycles. The van der Waals surface area contributed by atoms with E-state index in [2.05, 4.69) is 26.4 Å². The molecule has 0 unspecified atom stereocenters. The van der Waals surface area contributed by atoms with Crippen LogP contribution in [0.3, 0.4) is 0 Å². The molecular formula is C19H18N6O. The monoisotopic (exact) mass is 346 g/mol. The Morgan fingerprint density at radius 2 is 1.85 bits per heavy atom. The highest BCUT2D eigenvalue weighted by atomic mass is 16.1. The molecule has 7 nitrogen and oxygen atoms in total. The summed E-state index contributed by atoms with van der Waals surface area (Å²) in [7, 11) is 0. The van der Waals surface area contributed by atoms with Crippen LogP contribution in [0.15, 0.2) is 10.9 Å². The third-order valence-corrected chi connectivity index (χ3v) is 5.50. The number of hydrogen-bond acceptors (Lipinski definition) is 5. The summed E-state index contributed by atoms with van der Waals surface area (Å²) in [6.07, 6.45) is 6.76. The fraction of sp³-hybridized carbons (Fsp3) is 0.368. The summed E-state index contributed by atoms with van der Waals surface area (Å²) in [5, 5.41) is 15.6. The van der Waals surface area contributed by atoms with Gasteiger partial charge in [-0.1, -0.05) is 6.07 Å². The number of aromatic amines is 1. The number of aryl methyl sites for hydroxylation is 3. The lowest BCUT2D eigenvalue weighted by Gasteiger charge is -2.15. The van der Waals surface area contributed by atoms with Crippen LogP contribution in [0.2, 0.25) is 0 Å². The molecule has 0 aliphatic heterocycles. The quantitative estimate of drug-likeness (QED) is 0.742. The van der Waals surface area contributed by atoms with Crippen LogP contribution in [0.4, 0.5) is 11.6 Å². The Labute approximate surface area is 149 Å². The van der Waals surface area contributed by atoms with E-state index in [9.17, 15) is 4.79 Å². The Bertz CT molecular complexity index is 1130. The second kappa shape index (κ2) is 5.43. The fourth-order valence-electron chi connectivity index (χ4n) is 4.29. The summed E-state index contributed by atoms with van der Waals surface area (Å²) >= 11 is 0. The van der Waals surface area contributed by atoms with Gasteiger partial charge in [-0.05, 0) is 67.7 Å². The van der Waals surface area contributed by atoms with Crippen LogP contribution in [-0.2, 0) is 25.7 Å². The Balaban J connectivity index is 1.65. The van der Waals surface area contributed by atoms with Gasteiger partial charge in [-0.15, -0.1) is 0 Å². The Hall–Kier alpha value is -3.14. The maximum Gasteiger partial charge on any atom is 0.292 e. The van der Waals surface area contributed by atoms with Crippen molar-refractivity contribution in [3.8, 4) is 6.07 Å². The minimum absolute atomic E-state index is 0.0409. The van der Waals surface area contributed by atoms with Gasteiger partial charge in [0.2, 0.25) is 5.95 Å². The number of nitriles is 1. The minimum Gasteiger partial charge on any atom is -0.324 e. The van der Waals surface area contributed by atoms with E-state index in [4.69, 9.17) is 5.26 Å². The highest BCUT2D eigenvalue weighted by molar-refractivity contribution is 5.70. The van der Waals surface area contributed by atoms with Crippen molar-refractivity contribution < 1.29 is 0 Å². The first-order valence-corrected chi connectivity index (χ1v) is 8.98. The second-order valence-electron chi connectivity index (χ2n) is 7.06. The molecule has 0 amide bonds. The van der Waals surface area contributed by atoms with Crippen molar-refractivity contribution >= 4 is 17.4 Å². The molecule has 130 valence electrons. The van der Waals surface area contributed by atoms with E-state index in [1.54, 1.807) is 6.92 Å². The molecule has 0 atom stereocenters. The van der Waals surface area contributed by atoms with Crippen LogP contribution in [0.5, 0.6) is 0 Å². The summed E-state index contributed by atoms with van der Waals surface area (Å²) in [4.78, 5) is 21.1. The molecule has 0 bridgehead atoms. The molecule has 0 saturated heterocycles. The van der Waals surface area contributed by atoms with Gasteiger partial charge in [0.15, 0.2) is 0 Å². The van der Waals surface area contributed by atoms with E-state index in [-0.39, 0.29) is 11.3 Å². The second-order valence-corrected chi connectivity index (χ2v) is 7.06. The van der Waals surface area contributed by atoms with Crippen LogP contribution >= 0.6 is 0 Å². The molecule has 2 heterocycles. The molecule has 0 fully saturated rings. The molecule has 3 aromatic rings. The molecule has 7 heteroatoms. The lowest BCUT2D eigenvalue weighted by molar-refractivity contribution is 0.883. The number of aromatic nitrogens is 4. The number of benzene rings is 1. The normalized spacial score (nSPS) is 15.1. The molecule has 2 N–H and O–H groups in total. The van der Waals surface area contributed by atoms with Crippen molar-refractivity contribution in [2.75, 3.05) is 5.32 Å². The summed E-state index contributed by atoms with van der Waals surface area (Å²) < 4.78 is 1.23. The Morgan fingerprint density at radius 3 is 2.50 bits per heavy atom. The van der Waals surface area contributed by atoms with Crippen molar-refractivity contribution in [1.29, 1.82) is 5.26 Å². The highest BCUT2D eigenvalue weighted by Crippen LogP contribution is 2.39. The molecule has 0 radical (unpaired) electrons. The summed E-state index contributed by atoms with van der Waals surface area (Å²) in [6, 6.07) is 4.30. The van der Waals surface area contributed by atoms with Crippen LogP contribution in [0, 0.1) is 18.3 Å². The van der Waals surface area contributed by atoms with Crippen LogP contribution in [-0.4, -0.2) is 19.6 Å². The van der Waals surface area contributed by atoms with Crippen molar-refractivity contribution in [2.24, 2.45) is 0 Å². The smallest absolute Gasteiger partial charge is 0.292 e. The van der Waals surface area contributed by atoms with Crippen LogP contribution in [0.25, 0.3) is 5.78 Å². The zero-order valence-corrected chi connectivity index (χ0v) is 14.5. The number of fused-ring (bicyclic) bond motifs is 3. The maximum absolute atomic E-state index is 12.4. The Kier molecular flexibility index (Phi) is 3.16. The van der Waals surface area contributed by atoms with E-state index >= 15 is 0 Å². The molecular weight excluding hydrogens is 328 g/mol. The van der Waals surface area contributed by atoms with Crippen molar-refractivity contribution in [2.45, 2.75) is 45.4 Å². The average Bonchev–Trinajstić information content (AvgIpc) is 3.33. The van der Waals surface area contributed by atoms with Gasteiger partial charge >= 0.3 is 0 Å². The van der Waals surface area contributed by atoms with Gasteiger partial charge in [-0.2, -0.15) is 14.8 Å². The number of anilines is 2. The van der Waals surface area contributed by atoms with Crippen molar-refractivity contribution in [1.82, 2.24) is 19.6 Å². The maximum atomic E-state index is 12.4. The van der Waals surface area contributed by atoms with Gasteiger partial charge in [0.25, 0.3) is 11.3 Å². The number of rotatable bonds is 2. The predicted molar refractivity (Wildman–Crippen MR) is 96.8 cm³/mol. The topological polar surface area (TPSA) is 98.9 Å². The molecule has 2 aromatic heterocycles. The van der Waals surface area contributed by atoms with Crippen LogP contribution in [0.1, 0.15) is 46.4 Å². The van der Waals surface area contributed by atoms with E-state index in [1.807, 2.05) is 6.07 Å². The molecule has 26 heavy (non-hydrogen) atoms. The third kappa shape index (κ3) is 2.08. The lowest BCUT2D eigenvalue weighted by atomic mass is 9.99. The van der Waals surface area contributed by atoms with Gasteiger partial charge in [-0.25, -0.2) is 4.98 Å². The first kappa shape index (κ1) is 15.1. The lowest BCUT2D eigenvalue weighted by Crippen LogP contribution is -2.20. The number of hydrogen-bond donors (Lipinski definition) is 2. The number of nitrogens with one attached hydrogen (secondary N) is 2. The standard InChI is InChI=1S/C19H18N6O/c1-10-15(9-20)17(26)25-19(21-10)23-18(24-25)22-16-13-6-2-4-11(13)8-12-5-3-7-14(12)16/h8H,2-7H2,1H3,(H2,21,22,23,24). The Morgan fingerprint density at radius 1 is 1.15 bits per heavy atom. The third-order valence-electron chi connectivity index (χ3n) is 5.50. The predicted octanol–water partition coefficient (Wildman–Crippen LogP) is 2.32. The molecule has 0 spiro atoms. The van der Waals surface area contributed by atoms with Gasteiger partial charge in [0, 0.05) is 5.69 Å². The average molecular weight is 346 g/mol. The van der Waals surface area contributed by atoms with Crippen LogP contribution < -0.4 is 10.9 Å². The first-order valence-electron chi connectivity index (χ1n) is 8.98.